The number of hydrogen-bond donors (Lipinski definition) is 0. The number of carbonyl (C=O) groups is 2. The van der Waals surface area contributed by atoms with Crippen molar-refractivity contribution >= 4 is 46.5 Å². The number of thioether (sulfide) groups is 1. The number of halogens is 2. The quantitative estimate of drug-likeness (QED) is 0.724. The van der Waals surface area contributed by atoms with Gasteiger partial charge in [0.1, 0.15) is 0 Å². The third-order valence-corrected chi connectivity index (χ3v) is 5.34. The van der Waals surface area contributed by atoms with E-state index in [1.165, 1.54) is 11.8 Å². The van der Waals surface area contributed by atoms with Crippen molar-refractivity contribution in [2.45, 2.75) is 11.8 Å². The topological polar surface area (TPSA) is 34.1 Å². The van der Waals surface area contributed by atoms with Crippen molar-refractivity contribution < 1.29 is 9.59 Å². The van der Waals surface area contributed by atoms with Gasteiger partial charge in [-0.3, -0.25) is 9.59 Å². The van der Waals surface area contributed by atoms with E-state index in [-0.39, 0.29) is 11.6 Å². The summed E-state index contributed by atoms with van der Waals surface area (Å²) < 4.78 is 0. The maximum Gasteiger partial charge on any atom is 0.200 e. The lowest BCUT2D eigenvalue weighted by Gasteiger charge is -2.18. The zero-order chi connectivity index (χ0) is 15.9. The van der Waals surface area contributed by atoms with Gasteiger partial charge in [-0.25, -0.2) is 0 Å². The average molecular weight is 349 g/mol. The lowest BCUT2D eigenvalue weighted by molar-refractivity contribution is 0.0981. The molecule has 5 heteroatoms. The normalized spacial score (nSPS) is 14.3. The third kappa shape index (κ3) is 2.60. The van der Waals surface area contributed by atoms with Crippen LogP contribution in [0.3, 0.4) is 0 Å². The number of hydrogen-bond acceptors (Lipinski definition) is 3. The minimum absolute atomic E-state index is 0.129. The Hall–Kier alpha value is -1.55. The van der Waals surface area contributed by atoms with Gasteiger partial charge < -0.3 is 0 Å². The Bertz CT molecular complexity index is 840. The van der Waals surface area contributed by atoms with Crippen LogP contribution in [0.25, 0.3) is 0 Å². The molecule has 110 valence electrons. The van der Waals surface area contributed by atoms with Gasteiger partial charge in [-0.05, 0) is 25.1 Å². The van der Waals surface area contributed by atoms with Crippen LogP contribution in [0.5, 0.6) is 0 Å². The maximum absolute atomic E-state index is 12.7. The van der Waals surface area contributed by atoms with Crippen LogP contribution in [0, 0.1) is 0 Å². The Balaban J connectivity index is 2.07. The van der Waals surface area contributed by atoms with E-state index in [1.807, 2.05) is 0 Å². The highest BCUT2D eigenvalue weighted by Crippen LogP contribution is 2.40. The molecule has 0 spiro atoms. The highest BCUT2D eigenvalue weighted by Gasteiger charge is 2.30. The molecule has 0 amide bonds. The highest BCUT2D eigenvalue weighted by molar-refractivity contribution is 8.04. The molecule has 0 bridgehead atoms. The molecule has 1 aliphatic carbocycles. The van der Waals surface area contributed by atoms with Crippen molar-refractivity contribution in [3.8, 4) is 0 Å². The van der Waals surface area contributed by atoms with E-state index in [0.717, 1.165) is 0 Å². The molecule has 2 nitrogen and oxygen atoms in total. The van der Waals surface area contributed by atoms with Gasteiger partial charge in [0, 0.05) is 26.6 Å². The van der Waals surface area contributed by atoms with Gasteiger partial charge in [0.05, 0.1) is 9.93 Å². The molecule has 22 heavy (non-hydrogen) atoms. The van der Waals surface area contributed by atoms with E-state index in [4.69, 9.17) is 23.2 Å². The average Bonchev–Trinajstić information content (AvgIpc) is 2.52. The monoisotopic (exact) mass is 348 g/mol. The molecule has 0 fully saturated rings. The largest absolute Gasteiger partial charge is 0.289 e. The highest BCUT2D eigenvalue weighted by atomic mass is 35.5. The molecule has 3 rings (SSSR count). The Kier molecular flexibility index (Phi) is 4.13. The van der Waals surface area contributed by atoms with Crippen LogP contribution in [0.4, 0.5) is 0 Å². The minimum Gasteiger partial charge on any atom is -0.289 e. The number of fused-ring (bicyclic) bond motifs is 1. The van der Waals surface area contributed by atoms with E-state index in [2.05, 4.69) is 0 Å². The zero-order valence-corrected chi connectivity index (χ0v) is 13.9. The number of rotatable bonds is 2. The van der Waals surface area contributed by atoms with E-state index < -0.39 is 0 Å². The van der Waals surface area contributed by atoms with Crippen LogP contribution in [0.2, 0.25) is 10.0 Å². The molecule has 0 N–H and O–H groups in total. The Morgan fingerprint density at radius 1 is 0.909 bits per heavy atom. The summed E-state index contributed by atoms with van der Waals surface area (Å²) in [5.41, 5.74) is 1.31. The summed E-state index contributed by atoms with van der Waals surface area (Å²) in [4.78, 5) is 26.2. The van der Waals surface area contributed by atoms with Crippen LogP contribution in [0.15, 0.2) is 57.8 Å². The lowest BCUT2D eigenvalue weighted by Crippen LogP contribution is -2.19. The molecular formula is C17H10Cl2O2S. The summed E-state index contributed by atoms with van der Waals surface area (Å²) in [6, 6.07) is 11.9. The molecule has 0 aromatic heterocycles. The molecule has 0 aliphatic heterocycles. The molecule has 0 atom stereocenters. The van der Waals surface area contributed by atoms with Crippen LogP contribution in [-0.2, 0) is 0 Å². The second-order valence-electron chi connectivity index (χ2n) is 4.83. The van der Waals surface area contributed by atoms with Crippen LogP contribution in [0.1, 0.15) is 27.6 Å². The number of Topliss-reactive ketones (excluding diaryl/α,β-unsaturated/α-hetero) is 2. The van der Waals surface area contributed by atoms with Crippen molar-refractivity contribution in [3.05, 3.63) is 74.1 Å². The van der Waals surface area contributed by atoms with E-state index in [9.17, 15) is 9.59 Å². The Morgan fingerprint density at radius 2 is 1.55 bits per heavy atom. The molecule has 1 aliphatic rings. The number of carbonyl (C=O) groups excluding carboxylic acids is 2. The molecule has 2 aromatic carbocycles. The summed E-state index contributed by atoms with van der Waals surface area (Å²) in [5, 5.41) is 1.02. The maximum atomic E-state index is 12.7. The second kappa shape index (κ2) is 5.92. The Morgan fingerprint density at radius 3 is 2.23 bits per heavy atom. The van der Waals surface area contributed by atoms with Gasteiger partial charge >= 0.3 is 0 Å². The second-order valence-corrected chi connectivity index (χ2v) is 6.73. The lowest BCUT2D eigenvalue weighted by atomic mass is 9.90. The predicted octanol–water partition coefficient (Wildman–Crippen LogP) is 5.44. The molecule has 2 aromatic rings. The fraction of sp³-hybridized carbons (Fsp3) is 0.0588. The summed E-state index contributed by atoms with van der Waals surface area (Å²) in [5.74, 6) is -0.287. The molecule has 0 heterocycles. The van der Waals surface area contributed by atoms with E-state index in [1.54, 1.807) is 49.4 Å². The minimum atomic E-state index is -0.159. The van der Waals surface area contributed by atoms with E-state index in [0.29, 0.717) is 36.5 Å². The number of allylic oxidation sites excluding steroid dienone is 2. The molecular weight excluding hydrogens is 339 g/mol. The summed E-state index contributed by atoms with van der Waals surface area (Å²) in [6.45, 7) is 1.66. The smallest absolute Gasteiger partial charge is 0.200 e. The van der Waals surface area contributed by atoms with Crippen molar-refractivity contribution in [2.24, 2.45) is 0 Å². The molecule has 0 radical (unpaired) electrons. The van der Waals surface area contributed by atoms with Crippen molar-refractivity contribution in [2.75, 3.05) is 0 Å². The first-order valence-corrected chi connectivity index (χ1v) is 8.08. The first-order chi connectivity index (χ1) is 10.5. The predicted molar refractivity (Wildman–Crippen MR) is 90.1 cm³/mol. The van der Waals surface area contributed by atoms with Crippen molar-refractivity contribution in [1.29, 1.82) is 0 Å². The van der Waals surface area contributed by atoms with Crippen molar-refractivity contribution in [1.82, 2.24) is 0 Å². The number of ketones is 2. The van der Waals surface area contributed by atoms with Gasteiger partial charge in [-0.15, -0.1) is 0 Å². The molecule has 0 saturated carbocycles. The van der Waals surface area contributed by atoms with Crippen LogP contribution < -0.4 is 0 Å². The molecule has 0 saturated heterocycles. The van der Waals surface area contributed by atoms with E-state index >= 15 is 0 Å². The summed E-state index contributed by atoms with van der Waals surface area (Å²) >= 11 is 13.3. The van der Waals surface area contributed by atoms with Crippen LogP contribution >= 0.6 is 35.0 Å². The number of benzene rings is 2. The fourth-order valence-corrected chi connectivity index (χ4v) is 3.75. The summed E-state index contributed by atoms with van der Waals surface area (Å²) in [7, 11) is 0. The fourth-order valence-electron chi connectivity index (χ4n) is 2.27. The van der Waals surface area contributed by atoms with Gasteiger partial charge in [-0.1, -0.05) is 59.2 Å². The zero-order valence-electron chi connectivity index (χ0n) is 11.5. The van der Waals surface area contributed by atoms with Gasteiger partial charge in [0.2, 0.25) is 5.78 Å². The van der Waals surface area contributed by atoms with Crippen molar-refractivity contribution in [3.63, 3.8) is 0 Å². The van der Waals surface area contributed by atoms with Gasteiger partial charge in [0.15, 0.2) is 5.78 Å². The standard InChI is InChI=1S/C17H10Cl2O2S/c1-9-15(20)11-4-2-3-5-12(11)16(21)17(9)22-14-8-10(18)6-7-13(14)19/h2-8H,1H3. The third-order valence-electron chi connectivity index (χ3n) is 3.41. The SMILES string of the molecule is CC1=C(Sc2cc(Cl)ccc2Cl)C(=O)c2ccccc2C1=O. The first-order valence-electron chi connectivity index (χ1n) is 6.51. The Labute approximate surface area is 142 Å². The van der Waals surface area contributed by atoms with Gasteiger partial charge in [-0.2, -0.15) is 0 Å². The molecule has 0 unspecified atom stereocenters. The first kappa shape index (κ1) is 15.3. The van der Waals surface area contributed by atoms with Gasteiger partial charge in [0.25, 0.3) is 0 Å². The summed E-state index contributed by atoms with van der Waals surface area (Å²) in [6.07, 6.45) is 0. The van der Waals surface area contributed by atoms with Crippen LogP contribution in [-0.4, -0.2) is 11.6 Å².